The van der Waals surface area contributed by atoms with Gasteiger partial charge in [-0.2, -0.15) is 0 Å². The molecule has 4 rings (SSSR count). The lowest BCUT2D eigenvalue weighted by atomic mass is 10.2. The first-order valence-corrected chi connectivity index (χ1v) is 10.3. The quantitative estimate of drug-likeness (QED) is 0.402. The van der Waals surface area contributed by atoms with Crippen molar-refractivity contribution < 1.29 is 13.6 Å². The zero-order chi connectivity index (χ0) is 20.9. The number of halogens is 2. The summed E-state index contributed by atoms with van der Waals surface area (Å²) in [4.78, 5) is 12.3. The maximum atomic E-state index is 13.0. The third kappa shape index (κ3) is 4.90. The standard InChI is InChI=1S/C21H16ClFN4O2S/c22-15-4-1-3-14(11-15)20-25-26-21(27(20)12-18-5-2-10-29-18)30-13-19(28)24-17-8-6-16(23)7-9-17/h1-11H,12-13H2,(H,24,28). The van der Waals surface area contributed by atoms with Gasteiger partial charge in [0, 0.05) is 16.3 Å². The number of hydrogen-bond donors (Lipinski definition) is 1. The molecule has 2 aromatic heterocycles. The van der Waals surface area contributed by atoms with Gasteiger partial charge < -0.3 is 9.73 Å². The van der Waals surface area contributed by atoms with Gasteiger partial charge in [-0.25, -0.2) is 4.39 Å². The molecule has 0 saturated carbocycles. The van der Waals surface area contributed by atoms with E-state index in [1.54, 1.807) is 18.4 Å². The van der Waals surface area contributed by atoms with Crippen LogP contribution in [-0.4, -0.2) is 26.4 Å². The normalized spacial score (nSPS) is 10.9. The Bertz CT molecular complexity index is 1150. The van der Waals surface area contributed by atoms with Gasteiger partial charge in [-0.1, -0.05) is 35.5 Å². The summed E-state index contributed by atoms with van der Waals surface area (Å²) in [6, 6.07) is 16.6. The molecular weight excluding hydrogens is 427 g/mol. The van der Waals surface area contributed by atoms with Crippen LogP contribution in [0.15, 0.2) is 76.5 Å². The highest BCUT2D eigenvalue weighted by molar-refractivity contribution is 7.99. The van der Waals surface area contributed by atoms with Gasteiger partial charge in [-0.15, -0.1) is 10.2 Å². The zero-order valence-electron chi connectivity index (χ0n) is 15.6. The maximum absolute atomic E-state index is 13.0. The van der Waals surface area contributed by atoms with Crippen molar-refractivity contribution in [3.63, 3.8) is 0 Å². The molecule has 2 heterocycles. The second kappa shape index (κ2) is 9.15. The summed E-state index contributed by atoms with van der Waals surface area (Å²) in [7, 11) is 0. The fourth-order valence-electron chi connectivity index (χ4n) is 2.80. The first kappa shape index (κ1) is 20.2. The third-order valence-electron chi connectivity index (χ3n) is 4.15. The molecule has 6 nitrogen and oxygen atoms in total. The fourth-order valence-corrected chi connectivity index (χ4v) is 3.73. The van der Waals surface area contributed by atoms with Crippen molar-refractivity contribution in [1.82, 2.24) is 14.8 Å². The highest BCUT2D eigenvalue weighted by atomic mass is 35.5. The zero-order valence-corrected chi connectivity index (χ0v) is 17.2. The second-order valence-electron chi connectivity index (χ2n) is 6.33. The number of benzene rings is 2. The van der Waals surface area contributed by atoms with Crippen LogP contribution in [0.25, 0.3) is 11.4 Å². The fraction of sp³-hybridized carbons (Fsp3) is 0.0952. The van der Waals surface area contributed by atoms with Crippen LogP contribution in [0.4, 0.5) is 10.1 Å². The summed E-state index contributed by atoms with van der Waals surface area (Å²) >= 11 is 7.38. The van der Waals surface area contributed by atoms with E-state index < -0.39 is 0 Å². The van der Waals surface area contributed by atoms with E-state index in [-0.39, 0.29) is 17.5 Å². The first-order valence-electron chi connectivity index (χ1n) is 8.98. The molecule has 2 aromatic carbocycles. The summed E-state index contributed by atoms with van der Waals surface area (Å²) in [6.45, 7) is 0.407. The number of amides is 1. The number of carbonyl (C=O) groups excluding carboxylic acids is 1. The lowest BCUT2D eigenvalue weighted by Crippen LogP contribution is -2.14. The number of aromatic nitrogens is 3. The monoisotopic (exact) mass is 442 g/mol. The van der Waals surface area contributed by atoms with Gasteiger partial charge in [0.25, 0.3) is 0 Å². The average Bonchev–Trinajstić information content (AvgIpc) is 3.39. The van der Waals surface area contributed by atoms with Gasteiger partial charge in [0.05, 0.1) is 18.6 Å². The Kier molecular flexibility index (Phi) is 6.15. The molecule has 1 amide bonds. The SMILES string of the molecule is O=C(CSc1nnc(-c2cccc(Cl)c2)n1Cc1ccco1)Nc1ccc(F)cc1. The van der Waals surface area contributed by atoms with Gasteiger partial charge in [-0.3, -0.25) is 9.36 Å². The summed E-state index contributed by atoms with van der Waals surface area (Å²) in [5, 5.41) is 12.4. The Morgan fingerprint density at radius 3 is 2.70 bits per heavy atom. The van der Waals surface area contributed by atoms with E-state index in [2.05, 4.69) is 15.5 Å². The molecular formula is C21H16ClFN4O2S. The Labute approximate surface area is 181 Å². The average molecular weight is 443 g/mol. The number of rotatable bonds is 7. The van der Waals surface area contributed by atoms with Crippen molar-refractivity contribution in [2.75, 3.05) is 11.1 Å². The van der Waals surface area contributed by atoms with Gasteiger partial charge in [0.1, 0.15) is 11.6 Å². The predicted octanol–water partition coefficient (Wildman–Crippen LogP) is 5.11. The van der Waals surface area contributed by atoms with E-state index in [4.69, 9.17) is 16.0 Å². The Balaban J connectivity index is 1.53. The summed E-state index contributed by atoms with van der Waals surface area (Å²) < 4.78 is 20.4. The van der Waals surface area contributed by atoms with Crippen LogP contribution in [0.2, 0.25) is 5.02 Å². The Morgan fingerprint density at radius 1 is 1.13 bits per heavy atom. The molecule has 0 spiro atoms. The van der Waals surface area contributed by atoms with E-state index >= 15 is 0 Å². The van der Waals surface area contributed by atoms with Crippen molar-refractivity contribution in [2.45, 2.75) is 11.7 Å². The molecule has 0 aliphatic carbocycles. The lowest BCUT2D eigenvalue weighted by molar-refractivity contribution is -0.113. The molecule has 0 unspecified atom stereocenters. The van der Waals surface area contributed by atoms with Crippen LogP contribution in [0, 0.1) is 5.82 Å². The number of nitrogens with one attached hydrogen (secondary N) is 1. The van der Waals surface area contributed by atoms with Crippen LogP contribution >= 0.6 is 23.4 Å². The molecule has 30 heavy (non-hydrogen) atoms. The molecule has 0 aliphatic rings. The molecule has 0 aliphatic heterocycles. The van der Waals surface area contributed by atoms with Crippen LogP contribution < -0.4 is 5.32 Å². The Morgan fingerprint density at radius 2 is 1.97 bits per heavy atom. The number of thioether (sulfide) groups is 1. The van der Waals surface area contributed by atoms with E-state index in [1.165, 1.54) is 36.0 Å². The van der Waals surface area contributed by atoms with Gasteiger partial charge >= 0.3 is 0 Å². The van der Waals surface area contributed by atoms with Gasteiger partial charge in [-0.05, 0) is 48.5 Å². The largest absolute Gasteiger partial charge is 0.467 e. The van der Waals surface area contributed by atoms with E-state index in [0.29, 0.717) is 28.2 Å². The first-order chi connectivity index (χ1) is 14.6. The summed E-state index contributed by atoms with van der Waals surface area (Å²) in [6.07, 6.45) is 1.60. The highest BCUT2D eigenvalue weighted by Crippen LogP contribution is 2.27. The third-order valence-corrected chi connectivity index (χ3v) is 5.36. The minimum atomic E-state index is -0.359. The molecule has 152 valence electrons. The van der Waals surface area contributed by atoms with Crippen molar-refractivity contribution in [3.8, 4) is 11.4 Å². The topological polar surface area (TPSA) is 73.0 Å². The minimum absolute atomic E-state index is 0.114. The number of nitrogens with zero attached hydrogens (tertiary/aromatic N) is 3. The maximum Gasteiger partial charge on any atom is 0.234 e. The summed E-state index contributed by atoms with van der Waals surface area (Å²) in [5.74, 6) is 0.875. The molecule has 0 bridgehead atoms. The molecule has 0 radical (unpaired) electrons. The number of hydrogen-bond acceptors (Lipinski definition) is 5. The van der Waals surface area contributed by atoms with Gasteiger partial charge in [0.2, 0.25) is 5.91 Å². The highest BCUT2D eigenvalue weighted by Gasteiger charge is 2.17. The summed E-state index contributed by atoms with van der Waals surface area (Å²) in [5.41, 5.74) is 1.34. The molecule has 0 fully saturated rings. The Hall–Kier alpha value is -3.10. The van der Waals surface area contributed by atoms with Crippen LogP contribution in [-0.2, 0) is 11.3 Å². The lowest BCUT2D eigenvalue weighted by Gasteiger charge is -2.09. The number of carbonyl (C=O) groups is 1. The number of furan rings is 1. The van der Waals surface area contributed by atoms with Crippen LogP contribution in [0.3, 0.4) is 0 Å². The van der Waals surface area contributed by atoms with E-state index in [9.17, 15) is 9.18 Å². The molecule has 0 atom stereocenters. The van der Waals surface area contributed by atoms with Crippen LogP contribution in [0.1, 0.15) is 5.76 Å². The van der Waals surface area contributed by atoms with Gasteiger partial charge in [0.15, 0.2) is 11.0 Å². The number of anilines is 1. The smallest absolute Gasteiger partial charge is 0.234 e. The minimum Gasteiger partial charge on any atom is -0.467 e. The van der Waals surface area contributed by atoms with Crippen molar-refractivity contribution in [3.05, 3.63) is 83.5 Å². The second-order valence-corrected chi connectivity index (χ2v) is 7.70. The molecule has 0 saturated heterocycles. The van der Waals surface area contributed by atoms with E-state index in [0.717, 1.165) is 11.3 Å². The molecule has 4 aromatic rings. The van der Waals surface area contributed by atoms with Crippen LogP contribution in [0.5, 0.6) is 0 Å². The predicted molar refractivity (Wildman–Crippen MR) is 114 cm³/mol. The molecule has 1 N–H and O–H groups in total. The van der Waals surface area contributed by atoms with Crippen molar-refractivity contribution in [1.29, 1.82) is 0 Å². The van der Waals surface area contributed by atoms with Crippen molar-refractivity contribution >= 4 is 35.0 Å². The molecule has 9 heteroatoms. The van der Waals surface area contributed by atoms with E-state index in [1.807, 2.05) is 28.8 Å². The van der Waals surface area contributed by atoms with Crippen molar-refractivity contribution in [2.24, 2.45) is 0 Å².